The van der Waals surface area contributed by atoms with Crippen LogP contribution in [0.4, 0.5) is 0 Å². The minimum atomic E-state index is -0.332. The molecule has 0 amide bonds. The Hall–Kier alpha value is -4.09. The minimum absolute atomic E-state index is 0.0103. The van der Waals surface area contributed by atoms with Gasteiger partial charge in [0, 0.05) is 16.7 Å². The first-order chi connectivity index (χ1) is 19.1. The van der Waals surface area contributed by atoms with Crippen LogP contribution in [0.25, 0.3) is 0 Å². The molecule has 40 heavy (non-hydrogen) atoms. The molecule has 0 saturated carbocycles. The Bertz CT molecular complexity index is 1420. The maximum Gasteiger partial charge on any atom is 0.177 e. The van der Waals surface area contributed by atoms with E-state index in [2.05, 4.69) is 19.2 Å². The number of carbonyl (C=O) groups excluding carboxylic acids is 1. The molecule has 5 nitrogen and oxygen atoms in total. The number of rotatable bonds is 12. The van der Waals surface area contributed by atoms with E-state index in [1.807, 2.05) is 93.6 Å². The molecule has 0 radical (unpaired) electrons. The zero-order chi connectivity index (χ0) is 28.7. The summed E-state index contributed by atoms with van der Waals surface area (Å²) in [6.45, 7) is 11.1. The molecule has 0 bridgehead atoms. The van der Waals surface area contributed by atoms with Gasteiger partial charge in [-0.15, -0.1) is 0 Å². The first kappa shape index (κ1) is 28.9. The van der Waals surface area contributed by atoms with Gasteiger partial charge < -0.3 is 19.9 Å². The van der Waals surface area contributed by atoms with Crippen LogP contribution in [0.1, 0.15) is 57.6 Å². The summed E-state index contributed by atoms with van der Waals surface area (Å²) in [5.41, 5.74) is 6.39. The lowest BCUT2D eigenvalue weighted by atomic mass is 9.89. The zero-order valence-corrected chi connectivity index (χ0v) is 24.1. The van der Waals surface area contributed by atoms with Crippen molar-refractivity contribution in [2.75, 3.05) is 6.54 Å². The molecule has 0 aliphatic heterocycles. The van der Waals surface area contributed by atoms with Crippen molar-refractivity contribution >= 4 is 5.78 Å². The molecule has 0 aliphatic rings. The molecule has 0 heterocycles. The monoisotopic (exact) mass is 537 g/mol. The number of Topliss-reactive ketones (excluding diaryl/α,β-unsaturated/α-hetero) is 1. The summed E-state index contributed by atoms with van der Waals surface area (Å²) in [7, 11) is 0. The minimum Gasteiger partial charge on any atom is -0.508 e. The second-order valence-corrected chi connectivity index (χ2v) is 11.0. The largest absolute Gasteiger partial charge is 0.508 e. The summed E-state index contributed by atoms with van der Waals surface area (Å²) in [6, 6.07) is 27.2. The summed E-state index contributed by atoms with van der Waals surface area (Å²) in [4.78, 5) is 13.5. The predicted octanol–water partition coefficient (Wildman–Crippen LogP) is 7.27. The normalized spacial score (nSPS) is 11.3. The fourth-order valence-electron chi connectivity index (χ4n) is 4.90. The van der Waals surface area contributed by atoms with Crippen molar-refractivity contribution in [3.05, 3.63) is 124 Å². The molecule has 0 fully saturated rings. The number of ether oxygens (including phenoxy) is 2. The molecule has 0 atom stereocenters. The molecule has 0 unspecified atom stereocenters. The number of phenolic OH excluding ortho intramolecular Hbond substituents is 1. The van der Waals surface area contributed by atoms with Crippen molar-refractivity contribution in [3.63, 3.8) is 0 Å². The Labute approximate surface area is 237 Å². The van der Waals surface area contributed by atoms with Gasteiger partial charge in [0.15, 0.2) is 17.3 Å². The molecule has 2 N–H and O–H groups in total. The van der Waals surface area contributed by atoms with Crippen LogP contribution >= 0.6 is 0 Å². The van der Waals surface area contributed by atoms with E-state index in [0.717, 1.165) is 34.2 Å². The van der Waals surface area contributed by atoms with Crippen LogP contribution in [0.5, 0.6) is 17.2 Å². The average molecular weight is 538 g/mol. The van der Waals surface area contributed by atoms with E-state index < -0.39 is 0 Å². The van der Waals surface area contributed by atoms with Crippen molar-refractivity contribution in [1.82, 2.24) is 5.32 Å². The highest BCUT2D eigenvalue weighted by Crippen LogP contribution is 2.35. The van der Waals surface area contributed by atoms with Gasteiger partial charge in [-0.05, 0) is 93.1 Å². The summed E-state index contributed by atoms with van der Waals surface area (Å²) in [6.07, 6.45) is 0.731. The Morgan fingerprint density at radius 3 is 1.93 bits per heavy atom. The molecule has 0 saturated heterocycles. The third-order valence-corrected chi connectivity index (χ3v) is 7.16. The van der Waals surface area contributed by atoms with Crippen molar-refractivity contribution in [3.8, 4) is 17.2 Å². The number of hydrogen-bond acceptors (Lipinski definition) is 5. The Balaban J connectivity index is 1.51. The lowest BCUT2D eigenvalue weighted by Crippen LogP contribution is -2.44. The average Bonchev–Trinajstić information content (AvgIpc) is 2.93. The number of aryl methyl sites for hydroxylation is 2. The highest BCUT2D eigenvalue weighted by atomic mass is 16.5. The number of phenols is 1. The number of benzene rings is 4. The van der Waals surface area contributed by atoms with Gasteiger partial charge in [-0.25, -0.2) is 0 Å². The molecule has 5 heteroatoms. The predicted molar refractivity (Wildman–Crippen MR) is 160 cm³/mol. The van der Waals surface area contributed by atoms with Crippen molar-refractivity contribution in [2.24, 2.45) is 0 Å². The van der Waals surface area contributed by atoms with Gasteiger partial charge in [0.1, 0.15) is 19.0 Å². The SMILES string of the molecule is Cc1cc(O)cc(C)c1CC(C)(C)NCC(=O)c1ccc(OCc2ccccc2)c(OCc2ccccc2)c1C. The lowest BCUT2D eigenvalue weighted by molar-refractivity contribution is 0.0979. The summed E-state index contributed by atoms with van der Waals surface area (Å²) < 4.78 is 12.4. The Morgan fingerprint density at radius 2 is 1.35 bits per heavy atom. The van der Waals surface area contributed by atoms with Crippen LogP contribution in [0.2, 0.25) is 0 Å². The van der Waals surface area contributed by atoms with Crippen LogP contribution < -0.4 is 14.8 Å². The fourth-order valence-corrected chi connectivity index (χ4v) is 4.90. The number of aromatic hydroxyl groups is 1. The molecule has 0 aliphatic carbocycles. The molecule has 208 valence electrons. The quantitative estimate of drug-likeness (QED) is 0.186. The van der Waals surface area contributed by atoms with Crippen LogP contribution in [0.3, 0.4) is 0 Å². The van der Waals surface area contributed by atoms with Gasteiger partial charge in [0.25, 0.3) is 0 Å². The summed E-state index contributed by atoms with van der Waals surface area (Å²) >= 11 is 0. The molecule has 0 spiro atoms. The highest BCUT2D eigenvalue weighted by Gasteiger charge is 2.24. The number of ketones is 1. The van der Waals surface area contributed by atoms with Gasteiger partial charge in [0.05, 0.1) is 6.54 Å². The fraction of sp³-hybridized carbons (Fsp3) is 0.286. The van der Waals surface area contributed by atoms with Crippen molar-refractivity contribution in [1.29, 1.82) is 0 Å². The lowest BCUT2D eigenvalue weighted by Gasteiger charge is -2.28. The summed E-state index contributed by atoms with van der Waals surface area (Å²) in [5, 5.41) is 13.4. The highest BCUT2D eigenvalue weighted by molar-refractivity contribution is 5.99. The van der Waals surface area contributed by atoms with E-state index in [0.29, 0.717) is 30.3 Å². The molecule has 4 aromatic carbocycles. The van der Waals surface area contributed by atoms with E-state index in [1.54, 1.807) is 12.1 Å². The van der Waals surface area contributed by atoms with E-state index in [4.69, 9.17) is 9.47 Å². The van der Waals surface area contributed by atoms with Gasteiger partial charge in [-0.2, -0.15) is 0 Å². The molecule has 4 rings (SSSR count). The first-order valence-corrected chi connectivity index (χ1v) is 13.7. The Kier molecular flexibility index (Phi) is 9.28. The third-order valence-electron chi connectivity index (χ3n) is 7.16. The number of hydrogen-bond donors (Lipinski definition) is 2. The topological polar surface area (TPSA) is 67.8 Å². The van der Waals surface area contributed by atoms with Crippen LogP contribution in [-0.2, 0) is 19.6 Å². The Morgan fingerprint density at radius 1 is 0.800 bits per heavy atom. The van der Waals surface area contributed by atoms with E-state index in [1.165, 1.54) is 5.56 Å². The smallest absolute Gasteiger partial charge is 0.177 e. The maximum atomic E-state index is 13.5. The third kappa shape index (κ3) is 7.51. The van der Waals surface area contributed by atoms with Crippen molar-refractivity contribution in [2.45, 2.75) is 59.8 Å². The molecule has 0 aromatic heterocycles. The summed E-state index contributed by atoms with van der Waals surface area (Å²) in [5.74, 6) is 1.46. The van der Waals surface area contributed by atoms with E-state index in [-0.39, 0.29) is 23.6 Å². The van der Waals surface area contributed by atoms with Crippen LogP contribution in [0, 0.1) is 20.8 Å². The maximum absolute atomic E-state index is 13.5. The first-order valence-electron chi connectivity index (χ1n) is 13.7. The second kappa shape index (κ2) is 12.8. The van der Waals surface area contributed by atoms with Crippen LogP contribution in [-0.4, -0.2) is 23.0 Å². The van der Waals surface area contributed by atoms with E-state index >= 15 is 0 Å². The van der Waals surface area contributed by atoms with Gasteiger partial charge >= 0.3 is 0 Å². The van der Waals surface area contributed by atoms with Crippen molar-refractivity contribution < 1.29 is 19.4 Å². The van der Waals surface area contributed by atoms with Gasteiger partial charge in [-0.3, -0.25) is 4.79 Å². The molecular formula is C35H39NO4. The van der Waals surface area contributed by atoms with Gasteiger partial charge in [0.2, 0.25) is 0 Å². The molecular weight excluding hydrogens is 498 g/mol. The standard InChI is InChI=1S/C35H39NO4/c1-24-18-29(37)19-25(2)31(24)20-35(4,5)36-21-32(38)30-16-17-33(39-22-27-12-8-6-9-13-27)34(26(30)3)40-23-28-14-10-7-11-15-28/h6-19,36-37H,20-23H2,1-5H3. The van der Waals surface area contributed by atoms with Gasteiger partial charge in [-0.1, -0.05) is 60.7 Å². The van der Waals surface area contributed by atoms with E-state index in [9.17, 15) is 9.90 Å². The second-order valence-electron chi connectivity index (χ2n) is 11.0. The number of carbonyl (C=O) groups is 1. The number of nitrogens with one attached hydrogen (secondary N) is 1. The van der Waals surface area contributed by atoms with Crippen LogP contribution in [0.15, 0.2) is 84.9 Å². The zero-order valence-electron chi connectivity index (χ0n) is 24.1. The molecule has 4 aromatic rings.